The first kappa shape index (κ1) is 34.5. The summed E-state index contributed by atoms with van der Waals surface area (Å²) in [4.78, 5) is 29.8. The van der Waals surface area contributed by atoms with Crippen molar-refractivity contribution in [2.45, 2.75) is 50.6 Å². The number of aryl methyl sites for hydroxylation is 1. The first-order valence-electron chi connectivity index (χ1n) is 15.2. The van der Waals surface area contributed by atoms with Gasteiger partial charge >= 0.3 is 0 Å². The van der Waals surface area contributed by atoms with Gasteiger partial charge in [0.15, 0.2) is 0 Å². The van der Waals surface area contributed by atoms with E-state index in [0.717, 1.165) is 33.8 Å². The SMILES string of the molecule is CCCCNC(=O)[C@H](Cc1ccccc1)N(Cc1cccc(C)c1)C(=O)CN(c1cccc(Cl)c1)S(=O)(=O)c1ccc(OC)cc1. The van der Waals surface area contributed by atoms with Crippen molar-refractivity contribution in [1.29, 1.82) is 0 Å². The van der Waals surface area contributed by atoms with Crippen molar-refractivity contribution in [3.63, 3.8) is 0 Å². The van der Waals surface area contributed by atoms with Gasteiger partial charge in [-0.1, -0.05) is 91.2 Å². The first-order valence-corrected chi connectivity index (χ1v) is 17.0. The van der Waals surface area contributed by atoms with Crippen molar-refractivity contribution >= 4 is 39.1 Å². The van der Waals surface area contributed by atoms with E-state index in [2.05, 4.69) is 5.32 Å². The van der Waals surface area contributed by atoms with Crippen LogP contribution in [0, 0.1) is 6.92 Å². The Bertz CT molecular complexity index is 1720. The number of methoxy groups -OCH3 is 1. The van der Waals surface area contributed by atoms with Crippen LogP contribution in [0.5, 0.6) is 5.75 Å². The number of anilines is 1. The molecular weight excluding hydrogens is 622 g/mol. The van der Waals surface area contributed by atoms with Gasteiger partial charge in [0.05, 0.1) is 17.7 Å². The number of amides is 2. The van der Waals surface area contributed by atoms with E-state index in [1.165, 1.54) is 30.2 Å². The minimum absolute atomic E-state index is 0.0237. The van der Waals surface area contributed by atoms with Crippen LogP contribution in [0.25, 0.3) is 0 Å². The zero-order chi connectivity index (χ0) is 33.1. The summed E-state index contributed by atoms with van der Waals surface area (Å²) in [7, 11) is -2.76. The van der Waals surface area contributed by atoms with Crippen molar-refractivity contribution in [2.24, 2.45) is 0 Å². The number of carbonyl (C=O) groups is 2. The summed E-state index contributed by atoms with van der Waals surface area (Å²) in [5.41, 5.74) is 2.91. The minimum Gasteiger partial charge on any atom is -0.497 e. The van der Waals surface area contributed by atoms with Gasteiger partial charge in [-0.2, -0.15) is 0 Å². The van der Waals surface area contributed by atoms with Crippen LogP contribution in [0.2, 0.25) is 5.02 Å². The van der Waals surface area contributed by atoms with Crippen LogP contribution >= 0.6 is 11.6 Å². The van der Waals surface area contributed by atoms with Crippen LogP contribution in [0.15, 0.2) is 108 Å². The lowest BCUT2D eigenvalue weighted by Crippen LogP contribution is -2.53. The molecule has 46 heavy (non-hydrogen) atoms. The Kier molecular flexibility index (Phi) is 12.2. The third kappa shape index (κ3) is 9.11. The van der Waals surface area contributed by atoms with E-state index in [9.17, 15) is 18.0 Å². The topological polar surface area (TPSA) is 96.0 Å². The smallest absolute Gasteiger partial charge is 0.264 e. The number of carbonyl (C=O) groups excluding carboxylic acids is 2. The third-order valence-electron chi connectivity index (χ3n) is 7.56. The minimum atomic E-state index is -4.26. The molecule has 0 unspecified atom stereocenters. The van der Waals surface area contributed by atoms with Crippen molar-refractivity contribution in [1.82, 2.24) is 10.2 Å². The maximum absolute atomic E-state index is 14.5. The molecule has 0 saturated carbocycles. The molecule has 1 N–H and O–H groups in total. The Morgan fingerprint density at radius 3 is 2.24 bits per heavy atom. The number of benzene rings is 4. The van der Waals surface area contributed by atoms with E-state index in [1.54, 1.807) is 30.3 Å². The van der Waals surface area contributed by atoms with E-state index in [1.807, 2.05) is 68.4 Å². The lowest BCUT2D eigenvalue weighted by Gasteiger charge is -2.34. The maximum Gasteiger partial charge on any atom is 0.264 e. The molecule has 4 aromatic rings. The van der Waals surface area contributed by atoms with E-state index < -0.39 is 28.5 Å². The molecule has 0 aliphatic heterocycles. The number of ether oxygens (including phenoxy) is 1. The molecule has 0 aromatic heterocycles. The molecule has 0 fully saturated rings. The zero-order valence-corrected chi connectivity index (χ0v) is 27.9. The van der Waals surface area contributed by atoms with Crippen LogP contribution < -0.4 is 14.4 Å². The molecule has 8 nitrogen and oxygen atoms in total. The highest BCUT2D eigenvalue weighted by atomic mass is 35.5. The van der Waals surface area contributed by atoms with Crippen LogP contribution in [0.1, 0.15) is 36.5 Å². The molecule has 0 aliphatic rings. The van der Waals surface area contributed by atoms with Crippen molar-refractivity contribution in [3.05, 3.63) is 125 Å². The largest absolute Gasteiger partial charge is 0.497 e. The highest BCUT2D eigenvalue weighted by molar-refractivity contribution is 7.92. The molecule has 0 spiro atoms. The van der Waals surface area contributed by atoms with Gasteiger partial charge in [0.2, 0.25) is 11.8 Å². The predicted molar refractivity (Wildman–Crippen MR) is 183 cm³/mol. The summed E-state index contributed by atoms with van der Waals surface area (Å²) in [6, 6.07) is 28.6. The van der Waals surface area contributed by atoms with Gasteiger partial charge in [-0.3, -0.25) is 13.9 Å². The van der Waals surface area contributed by atoms with Crippen LogP contribution in [-0.4, -0.2) is 51.4 Å². The highest BCUT2D eigenvalue weighted by Crippen LogP contribution is 2.28. The molecule has 0 aliphatic carbocycles. The number of rotatable bonds is 15. The summed E-state index contributed by atoms with van der Waals surface area (Å²) >= 11 is 6.30. The lowest BCUT2D eigenvalue weighted by atomic mass is 10.0. The van der Waals surface area contributed by atoms with E-state index in [0.29, 0.717) is 17.3 Å². The number of unbranched alkanes of at least 4 members (excludes halogenated alkanes) is 1. The molecule has 2 amide bonds. The number of hydrogen-bond donors (Lipinski definition) is 1. The molecule has 242 valence electrons. The molecule has 0 radical (unpaired) electrons. The van der Waals surface area contributed by atoms with Gasteiger partial charge in [0.1, 0.15) is 18.3 Å². The fourth-order valence-electron chi connectivity index (χ4n) is 5.10. The number of hydrogen-bond acceptors (Lipinski definition) is 5. The highest BCUT2D eigenvalue weighted by Gasteiger charge is 2.34. The molecule has 0 bridgehead atoms. The Labute approximate surface area is 277 Å². The molecule has 4 rings (SSSR count). The fraction of sp³-hybridized carbons (Fsp3) is 0.278. The second kappa shape index (κ2) is 16.3. The van der Waals surface area contributed by atoms with Crippen LogP contribution in [0.3, 0.4) is 0 Å². The Morgan fingerprint density at radius 1 is 0.891 bits per heavy atom. The maximum atomic E-state index is 14.5. The number of nitrogens with one attached hydrogen (secondary N) is 1. The molecule has 0 saturated heterocycles. The standard InChI is InChI=1S/C36H40ClN3O5S/c1-4-5-21-38-36(42)34(23-28-12-7-6-8-13-28)39(25-29-14-9-11-27(2)22-29)35(41)26-40(31-16-10-15-30(37)24-31)46(43,44)33-19-17-32(45-3)18-20-33/h6-20,22,24,34H,4-5,21,23,25-26H2,1-3H3,(H,38,42)/t34-/m0/s1. The monoisotopic (exact) mass is 661 g/mol. The summed E-state index contributed by atoms with van der Waals surface area (Å²) in [6.45, 7) is 4.00. The van der Waals surface area contributed by atoms with Crippen molar-refractivity contribution in [3.8, 4) is 5.75 Å². The van der Waals surface area contributed by atoms with Crippen LogP contribution in [-0.2, 0) is 32.6 Å². The van der Waals surface area contributed by atoms with Gasteiger partial charge in [-0.15, -0.1) is 0 Å². The van der Waals surface area contributed by atoms with Crippen molar-refractivity contribution in [2.75, 3.05) is 24.5 Å². The second-order valence-corrected chi connectivity index (χ2v) is 13.3. The number of nitrogens with zero attached hydrogens (tertiary/aromatic N) is 2. The normalized spacial score (nSPS) is 11.8. The molecule has 4 aromatic carbocycles. The third-order valence-corrected chi connectivity index (χ3v) is 9.58. The summed E-state index contributed by atoms with van der Waals surface area (Å²) in [5, 5.41) is 3.32. The van der Waals surface area contributed by atoms with Gasteiger partial charge in [-0.25, -0.2) is 8.42 Å². The van der Waals surface area contributed by atoms with Gasteiger partial charge in [0, 0.05) is 24.5 Å². The van der Waals surface area contributed by atoms with E-state index in [4.69, 9.17) is 16.3 Å². The van der Waals surface area contributed by atoms with Crippen molar-refractivity contribution < 1.29 is 22.7 Å². The summed E-state index contributed by atoms with van der Waals surface area (Å²) in [6.07, 6.45) is 1.93. The van der Waals surface area contributed by atoms with Gasteiger partial charge in [0.25, 0.3) is 10.0 Å². The molecule has 10 heteroatoms. The molecule has 0 heterocycles. The average Bonchev–Trinajstić information content (AvgIpc) is 3.05. The van der Waals surface area contributed by atoms with E-state index in [-0.39, 0.29) is 29.5 Å². The van der Waals surface area contributed by atoms with Gasteiger partial charge in [-0.05, 0) is 66.9 Å². The Morgan fingerprint density at radius 2 is 1.59 bits per heavy atom. The fourth-order valence-corrected chi connectivity index (χ4v) is 6.69. The quantitative estimate of drug-likeness (QED) is 0.149. The number of sulfonamides is 1. The lowest BCUT2D eigenvalue weighted by molar-refractivity contribution is -0.140. The zero-order valence-electron chi connectivity index (χ0n) is 26.4. The Hall–Kier alpha value is -4.34. The molecular formula is C36H40ClN3O5S. The predicted octanol–water partition coefficient (Wildman–Crippen LogP) is 6.41. The Balaban J connectivity index is 1.79. The molecule has 1 atom stereocenters. The van der Waals surface area contributed by atoms with Crippen LogP contribution in [0.4, 0.5) is 5.69 Å². The summed E-state index contributed by atoms with van der Waals surface area (Å²) in [5.74, 6) is -0.345. The van der Waals surface area contributed by atoms with Gasteiger partial charge < -0.3 is 15.0 Å². The first-order chi connectivity index (χ1) is 22.1. The second-order valence-electron chi connectivity index (χ2n) is 11.0. The summed E-state index contributed by atoms with van der Waals surface area (Å²) < 4.78 is 34.6. The average molecular weight is 662 g/mol. The van der Waals surface area contributed by atoms with E-state index >= 15 is 0 Å². The number of halogens is 1.